The number of halogens is 2. The largest absolute Gasteiger partial charge is 0.486 e. The number of ether oxygens (including phenoxy) is 1. The highest BCUT2D eigenvalue weighted by atomic mass is 19.1. The Hall–Kier alpha value is -3.27. The molecule has 5 nitrogen and oxygen atoms in total. The van der Waals surface area contributed by atoms with E-state index < -0.39 is 11.6 Å². The summed E-state index contributed by atoms with van der Waals surface area (Å²) in [7, 11) is 0. The maximum absolute atomic E-state index is 13.5. The molecule has 0 spiro atoms. The lowest BCUT2D eigenvalue weighted by Gasteiger charge is -2.08. The topological polar surface area (TPSA) is 74.6 Å². The number of hydrogen-bond acceptors (Lipinski definition) is 4. The Morgan fingerprint density at radius 2 is 2.00 bits per heavy atom. The molecule has 0 bridgehead atoms. The second-order valence-corrected chi connectivity index (χ2v) is 4.70. The van der Waals surface area contributed by atoms with Crippen molar-refractivity contribution in [1.29, 1.82) is 5.26 Å². The van der Waals surface area contributed by atoms with Gasteiger partial charge in [-0.3, -0.25) is 0 Å². The predicted molar refractivity (Wildman–Crippen MR) is 77.2 cm³/mol. The van der Waals surface area contributed by atoms with Gasteiger partial charge in [-0.1, -0.05) is 18.2 Å². The van der Waals surface area contributed by atoms with Crippen LogP contribution in [-0.4, -0.2) is 15.4 Å². The first-order valence-electron chi connectivity index (χ1n) is 6.65. The minimum atomic E-state index is -0.633. The quantitative estimate of drug-likeness (QED) is 0.803. The highest BCUT2D eigenvalue weighted by molar-refractivity contribution is 5.64. The Morgan fingerprint density at radius 1 is 1.13 bits per heavy atom. The molecular weight excluding hydrogens is 302 g/mol. The third-order valence-corrected chi connectivity index (χ3v) is 3.14. The predicted octanol–water partition coefficient (Wildman–Crippen LogP) is 3.20. The number of rotatable bonds is 4. The summed E-state index contributed by atoms with van der Waals surface area (Å²) in [5, 5.41) is 19.0. The van der Waals surface area contributed by atoms with Gasteiger partial charge in [-0.2, -0.15) is 15.6 Å². The van der Waals surface area contributed by atoms with E-state index >= 15 is 0 Å². The van der Waals surface area contributed by atoms with Crippen molar-refractivity contribution >= 4 is 0 Å². The van der Waals surface area contributed by atoms with Crippen LogP contribution in [0, 0.1) is 23.0 Å². The van der Waals surface area contributed by atoms with Crippen LogP contribution in [-0.2, 0) is 6.61 Å². The third-order valence-electron chi connectivity index (χ3n) is 3.14. The lowest BCUT2D eigenvalue weighted by atomic mass is 10.1. The summed E-state index contributed by atoms with van der Waals surface area (Å²) in [6.07, 6.45) is 0. The van der Waals surface area contributed by atoms with Crippen molar-refractivity contribution in [3.05, 3.63) is 65.4 Å². The van der Waals surface area contributed by atoms with Crippen LogP contribution in [0.25, 0.3) is 11.3 Å². The summed E-state index contributed by atoms with van der Waals surface area (Å²) in [4.78, 5) is 0. The van der Waals surface area contributed by atoms with E-state index in [1.165, 1.54) is 0 Å². The maximum atomic E-state index is 13.5. The monoisotopic (exact) mass is 312 g/mol. The molecular formula is C16H10F2N4O. The fourth-order valence-electron chi connectivity index (χ4n) is 2.07. The van der Waals surface area contributed by atoms with E-state index in [1.54, 1.807) is 24.3 Å². The first kappa shape index (κ1) is 14.7. The van der Waals surface area contributed by atoms with E-state index in [9.17, 15) is 8.78 Å². The van der Waals surface area contributed by atoms with E-state index in [1.807, 2.05) is 6.07 Å². The number of nitriles is 1. The van der Waals surface area contributed by atoms with E-state index in [0.29, 0.717) is 11.3 Å². The van der Waals surface area contributed by atoms with Gasteiger partial charge in [0, 0.05) is 11.6 Å². The van der Waals surface area contributed by atoms with E-state index in [4.69, 9.17) is 10.00 Å². The number of aromatic nitrogens is 3. The van der Waals surface area contributed by atoms with Crippen LogP contribution in [0.4, 0.5) is 8.78 Å². The molecule has 0 aliphatic heterocycles. The van der Waals surface area contributed by atoms with Crippen molar-refractivity contribution in [2.24, 2.45) is 0 Å². The molecule has 0 atom stereocenters. The van der Waals surface area contributed by atoms with Crippen LogP contribution in [0.1, 0.15) is 11.3 Å². The van der Waals surface area contributed by atoms with Crippen molar-refractivity contribution in [1.82, 2.24) is 15.4 Å². The molecule has 7 heteroatoms. The molecule has 0 radical (unpaired) electrons. The Labute approximate surface area is 130 Å². The molecule has 114 valence electrons. The van der Waals surface area contributed by atoms with Crippen LogP contribution in [0.5, 0.6) is 5.75 Å². The minimum absolute atomic E-state index is 0.0496. The number of H-pyrrole nitrogens is 1. The second-order valence-electron chi connectivity index (χ2n) is 4.70. The van der Waals surface area contributed by atoms with Crippen LogP contribution < -0.4 is 4.74 Å². The van der Waals surface area contributed by atoms with Crippen LogP contribution in [0.2, 0.25) is 0 Å². The maximum Gasteiger partial charge on any atom is 0.190 e. The molecule has 2 aromatic carbocycles. The highest BCUT2D eigenvalue weighted by Crippen LogP contribution is 2.22. The van der Waals surface area contributed by atoms with Crippen molar-refractivity contribution in [2.45, 2.75) is 6.61 Å². The zero-order valence-corrected chi connectivity index (χ0v) is 11.8. The Kier molecular flexibility index (Phi) is 3.97. The summed E-state index contributed by atoms with van der Waals surface area (Å²) in [6.45, 7) is 0.0496. The zero-order chi connectivity index (χ0) is 16.2. The van der Waals surface area contributed by atoms with Crippen molar-refractivity contribution in [3.8, 4) is 23.1 Å². The summed E-state index contributed by atoms with van der Waals surface area (Å²) in [5.74, 6) is -1.36. The average molecular weight is 312 g/mol. The van der Waals surface area contributed by atoms with Gasteiger partial charge in [0.2, 0.25) is 0 Å². The molecule has 1 N–H and O–H groups in total. The van der Waals surface area contributed by atoms with E-state index in [0.717, 1.165) is 23.8 Å². The SMILES string of the molecule is N#Cc1n[nH]nc1-c1cccc(COc2cc(F)ccc2F)c1. The molecule has 0 saturated heterocycles. The molecule has 0 saturated carbocycles. The Bertz CT molecular complexity index is 886. The first-order valence-corrected chi connectivity index (χ1v) is 6.65. The van der Waals surface area contributed by atoms with Gasteiger partial charge < -0.3 is 4.74 Å². The van der Waals surface area contributed by atoms with E-state index in [-0.39, 0.29) is 18.1 Å². The molecule has 23 heavy (non-hydrogen) atoms. The average Bonchev–Trinajstić information content (AvgIpc) is 3.04. The summed E-state index contributed by atoms with van der Waals surface area (Å²) in [6, 6.07) is 12.0. The fraction of sp³-hybridized carbons (Fsp3) is 0.0625. The second kappa shape index (κ2) is 6.23. The number of hydrogen-bond donors (Lipinski definition) is 1. The summed E-state index contributed by atoms with van der Waals surface area (Å²) in [5.41, 5.74) is 2.00. The van der Waals surface area contributed by atoms with Crippen molar-refractivity contribution in [3.63, 3.8) is 0 Å². The van der Waals surface area contributed by atoms with Crippen LogP contribution in [0.3, 0.4) is 0 Å². The number of benzene rings is 2. The molecule has 1 heterocycles. The zero-order valence-electron chi connectivity index (χ0n) is 11.8. The Morgan fingerprint density at radius 3 is 2.83 bits per heavy atom. The van der Waals surface area contributed by atoms with E-state index in [2.05, 4.69) is 15.4 Å². The van der Waals surface area contributed by atoms with Gasteiger partial charge >= 0.3 is 0 Å². The lowest BCUT2D eigenvalue weighted by molar-refractivity contribution is 0.288. The van der Waals surface area contributed by atoms with Gasteiger partial charge in [0.05, 0.1) is 0 Å². The summed E-state index contributed by atoms with van der Waals surface area (Å²) < 4.78 is 31.9. The third kappa shape index (κ3) is 3.16. The van der Waals surface area contributed by atoms with Crippen LogP contribution >= 0.6 is 0 Å². The van der Waals surface area contributed by atoms with Gasteiger partial charge in [-0.05, 0) is 23.8 Å². The minimum Gasteiger partial charge on any atom is -0.486 e. The van der Waals surface area contributed by atoms with Crippen molar-refractivity contribution in [2.75, 3.05) is 0 Å². The molecule has 3 aromatic rings. The number of aromatic amines is 1. The van der Waals surface area contributed by atoms with Gasteiger partial charge in [0.25, 0.3) is 0 Å². The first-order chi connectivity index (χ1) is 11.2. The molecule has 3 rings (SSSR count). The smallest absolute Gasteiger partial charge is 0.190 e. The molecule has 0 amide bonds. The molecule has 0 fully saturated rings. The van der Waals surface area contributed by atoms with Gasteiger partial charge in [-0.25, -0.2) is 8.78 Å². The Balaban J connectivity index is 1.81. The van der Waals surface area contributed by atoms with Crippen LogP contribution in [0.15, 0.2) is 42.5 Å². The highest BCUT2D eigenvalue weighted by Gasteiger charge is 2.11. The summed E-state index contributed by atoms with van der Waals surface area (Å²) >= 11 is 0. The normalized spacial score (nSPS) is 10.3. The standard InChI is InChI=1S/C16H10F2N4O/c17-12-4-5-13(18)15(7-12)23-9-10-2-1-3-11(6-10)16-14(8-19)20-22-21-16/h1-7H,9H2,(H,20,21,22). The fourth-order valence-corrected chi connectivity index (χ4v) is 2.07. The molecule has 0 unspecified atom stereocenters. The van der Waals surface area contributed by atoms with Gasteiger partial charge in [-0.15, -0.1) is 5.10 Å². The van der Waals surface area contributed by atoms with Crippen molar-refractivity contribution < 1.29 is 13.5 Å². The van der Waals surface area contributed by atoms with Gasteiger partial charge in [0.1, 0.15) is 24.2 Å². The lowest BCUT2D eigenvalue weighted by Crippen LogP contribution is -1.98. The molecule has 0 aliphatic rings. The molecule has 1 aromatic heterocycles. The molecule has 0 aliphatic carbocycles. The van der Waals surface area contributed by atoms with Gasteiger partial charge in [0.15, 0.2) is 17.3 Å². The number of nitrogens with one attached hydrogen (secondary N) is 1. The number of nitrogens with zero attached hydrogens (tertiary/aromatic N) is 3.